The van der Waals surface area contributed by atoms with Crippen LogP contribution in [0.25, 0.3) is 84.1 Å². The number of nitrogens with one attached hydrogen (secondary N) is 5. The van der Waals surface area contributed by atoms with Gasteiger partial charge < -0.3 is 34.9 Å². The Bertz CT molecular complexity index is 3730. The summed E-state index contributed by atoms with van der Waals surface area (Å²) in [5, 5.41) is 20.1. The molecule has 0 bridgehead atoms. The highest BCUT2D eigenvalue weighted by molar-refractivity contribution is 5.98. The summed E-state index contributed by atoms with van der Waals surface area (Å²) >= 11 is 0. The molecule has 8 aromatic heterocycles. The third-order valence-electron chi connectivity index (χ3n) is 15.3. The van der Waals surface area contributed by atoms with Crippen molar-refractivity contribution < 1.29 is 0 Å². The number of aryl methyl sites for hydroxylation is 1. The Morgan fingerprint density at radius 3 is 2.11 bits per heavy atom. The smallest absolute Gasteiger partial charge is 0.139 e. The molecule has 0 radical (unpaired) electrons. The minimum Gasteiger partial charge on any atom is -0.368 e. The topological polar surface area (TPSA) is 169 Å². The number of allylic oxidation sites excluding steroid dienone is 6. The highest BCUT2D eigenvalue weighted by Gasteiger charge is 2.24. The fourth-order valence-electron chi connectivity index (χ4n) is 10.9. The second kappa shape index (κ2) is 25.6. The van der Waals surface area contributed by atoms with Gasteiger partial charge in [-0.3, -0.25) is 20.1 Å². The molecule has 1 aromatic carbocycles. The second-order valence-electron chi connectivity index (χ2n) is 20.8. The molecule has 5 N–H and O–H groups in total. The summed E-state index contributed by atoms with van der Waals surface area (Å²) in [5.74, 6) is 0. The number of aromatic amines is 4. The van der Waals surface area contributed by atoms with Crippen molar-refractivity contribution in [2.45, 2.75) is 47.1 Å². The Morgan fingerprint density at radius 1 is 0.741 bits per heavy atom. The van der Waals surface area contributed by atoms with E-state index in [2.05, 4.69) is 147 Å². The molecule has 416 valence electrons. The maximum atomic E-state index is 5.07. The predicted octanol–water partition coefficient (Wildman–Crippen LogP) is 11.7. The Labute approximate surface area is 475 Å². The number of piperazine rings is 2. The first-order chi connectivity index (χ1) is 39.6. The molecular weight excluding hydrogens is 1000 g/mol. The van der Waals surface area contributed by atoms with Crippen LogP contribution in [0.3, 0.4) is 0 Å². The SMILES string of the molecule is C=C/C=C(\c1cc(-c2n[nH]c3ccc(C(/C=C(\C=C)NC(=C)c4ccccc4)=C/C)nc23)[nH]c1C)N1CCN(C)CC1.CC.CN1CCN(c2ccnc3[nH]c(-c4n[nH]c5ccc(-c6cncc(CN7CCCC7)c6)nc45)cc23)CC1. The van der Waals surface area contributed by atoms with Crippen LogP contribution in [-0.4, -0.2) is 149 Å². The molecule has 0 aliphatic carbocycles. The van der Waals surface area contributed by atoms with Crippen LogP contribution in [0.5, 0.6) is 0 Å². The van der Waals surface area contributed by atoms with Crippen molar-refractivity contribution in [3.8, 4) is 34.0 Å². The van der Waals surface area contributed by atoms with Crippen LogP contribution in [0.1, 0.15) is 61.7 Å². The van der Waals surface area contributed by atoms with E-state index in [1.165, 1.54) is 42.9 Å². The van der Waals surface area contributed by atoms with Gasteiger partial charge in [0, 0.05) is 122 Å². The van der Waals surface area contributed by atoms with E-state index in [4.69, 9.17) is 9.97 Å². The lowest BCUT2D eigenvalue weighted by atomic mass is 10.1. The van der Waals surface area contributed by atoms with Gasteiger partial charge in [0.25, 0.3) is 0 Å². The Morgan fingerprint density at radius 2 is 1.42 bits per heavy atom. The Kier molecular flexibility index (Phi) is 17.6. The minimum absolute atomic E-state index is 0.788. The Balaban J connectivity index is 0.000000177. The van der Waals surface area contributed by atoms with Gasteiger partial charge in [-0.25, -0.2) is 15.0 Å². The molecule has 11 heterocycles. The van der Waals surface area contributed by atoms with Crippen LogP contribution >= 0.6 is 0 Å². The summed E-state index contributed by atoms with van der Waals surface area (Å²) in [4.78, 5) is 38.4. The molecule has 0 saturated carbocycles. The Hall–Kier alpha value is -8.70. The van der Waals surface area contributed by atoms with Gasteiger partial charge >= 0.3 is 0 Å². The van der Waals surface area contributed by atoms with Crippen molar-refractivity contribution in [1.82, 2.24) is 75.2 Å². The van der Waals surface area contributed by atoms with E-state index in [1.807, 2.05) is 106 Å². The standard InChI is InChI=1S/C35H39N7.C28H31N9.C2H6/c1-7-13-33(42-20-18-41(6)19-21-42)29-23-32(37-25(29)5)35-34-31(39-40-35)17-16-30(38-34)26(8-2)22-28(9-3)36-24(4)27-14-11-10-12-15-27;1-35-10-12-37(13-11-35)25-6-7-30-28-21(25)15-24(32-28)27-26-23(33-34-27)5-4-22(31-26)20-14-19(16-29-17-20)18-36-8-2-3-9-36;1-2/h7-17,22-23,36-37H,1,3-4,18-21H2,2,5-6H3,(H,39,40);4-7,14-17H,2-3,8-13,18H2,1H3,(H,30,32)(H,33,34);1-2H3/b26-8+,28-22+,33-13+;;. The van der Waals surface area contributed by atoms with E-state index in [0.717, 1.165) is 166 Å². The zero-order chi connectivity index (χ0) is 56.4. The lowest BCUT2D eigenvalue weighted by molar-refractivity contribution is 0.207. The highest BCUT2D eigenvalue weighted by Crippen LogP contribution is 2.35. The quantitative estimate of drug-likeness (QED) is 0.0617. The van der Waals surface area contributed by atoms with E-state index >= 15 is 0 Å². The number of nitrogens with zero attached hydrogens (tertiary/aromatic N) is 11. The van der Waals surface area contributed by atoms with E-state index in [9.17, 15) is 0 Å². The predicted molar refractivity (Wildman–Crippen MR) is 334 cm³/mol. The molecule has 16 nitrogen and oxygen atoms in total. The molecule has 0 spiro atoms. The summed E-state index contributed by atoms with van der Waals surface area (Å²) in [7, 11) is 4.35. The van der Waals surface area contributed by atoms with Crippen molar-refractivity contribution >= 4 is 55.8 Å². The number of aromatic nitrogens is 10. The van der Waals surface area contributed by atoms with E-state index in [1.54, 1.807) is 6.08 Å². The van der Waals surface area contributed by atoms with Crippen molar-refractivity contribution in [2.24, 2.45) is 0 Å². The van der Waals surface area contributed by atoms with Gasteiger partial charge in [-0.2, -0.15) is 10.2 Å². The fraction of sp³-hybridized carbons (Fsp3) is 0.292. The average Bonchev–Trinajstić information content (AvgIpc) is 4.41. The maximum Gasteiger partial charge on any atom is 0.139 e. The first kappa shape index (κ1) is 55.6. The zero-order valence-electron chi connectivity index (χ0n) is 47.9. The number of hydrogen-bond donors (Lipinski definition) is 5. The van der Waals surface area contributed by atoms with Gasteiger partial charge in [0.2, 0.25) is 0 Å². The van der Waals surface area contributed by atoms with E-state index in [-0.39, 0.29) is 0 Å². The number of anilines is 1. The summed E-state index contributed by atoms with van der Waals surface area (Å²) in [6.07, 6.45) is 18.2. The molecule has 0 unspecified atom stereocenters. The molecule has 12 rings (SSSR count). The van der Waals surface area contributed by atoms with Crippen LogP contribution in [-0.2, 0) is 6.54 Å². The van der Waals surface area contributed by atoms with Crippen LogP contribution in [0.2, 0.25) is 0 Å². The second-order valence-corrected chi connectivity index (χ2v) is 20.8. The lowest BCUT2D eigenvalue weighted by Gasteiger charge is -2.35. The largest absolute Gasteiger partial charge is 0.368 e. The van der Waals surface area contributed by atoms with E-state index in [0.29, 0.717) is 0 Å². The van der Waals surface area contributed by atoms with Gasteiger partial charge in [0.1, 0.15) is 28.1 Å². The first-order valence-corrected chi connectivity index (χ1v) is 28.4. The van der Waals surface area contributed by atoms with Gasteiger partial charge in [-0.05, 0) is 137 Å². The molecule has 0 atom stereocenters. The summed E-state index contributed by atoms with van der Waals surface area (Å²) < 4.78 is 0. The normalized spacial score (nSPS) is 15.9. The third kappa shape index (κ3) is 12.5. The lowest BCUT2D eigenvalue weighted by Crippen LogP contribution is -2.44. The number of rotatable bonds is 15. The van der Waals surface area contributed by atoms with Gasteiger partial charge in [0.05, 0.1) is 33.8 Å². The molecule has 16 heteroatoms. The molecule has 3 aliphatic heterocycles. The molecule has 9 aromatic rings. The number of likely N-dealkylation sites (N-methyl/N-ethyl adjacent to an activating group) is 2. The summed E-state index contributed by atoms with van der Waals surface area (Å²) in [5.41, 5.74) is 20.0. The van der Waals surface area contributed by atoms with Gasteiger partial charge in [-0.1, -0.05) is 76.1 Å². The molecule has 0 amide bonds. The van der Waals surface area contributed by atoms with Crippen LogP contribution in [0.15, 0.2) is 153 Å². The molecule has 3 saturated heterocycles. The third-order valence-corrected chi connectivity index (χ3v) is 15.3. The molecular formula is C65H76N16. The van der Waals surface area contributed by atoms with Crippen molar-refractivity contribution in [3.63, 3.8) is 0 Å². The van der Waals surface area contributed by atoms with Crippen molar-refractivity contribution in [2.75, 3.05) is 84.4 Å². The molecule has 3 aliphatic rings. The monoisotopic (exact) mass is 1080 g/mol. The average molecular weight is 1080 g/mol. The van der Waals surface area contributed by atoms with Gasteiger partial charge in [0.15, 0.2) is 0 Å². The summed E-state index contributed by atoms with van der Waals surface area (Å²) in [6, 6.07) is 26.8. The highest BCUT2D eigenvalue weighted by atomic mass is 15.3. The number of H-pyrrole nitrogens is 4. The number of likely N-dealkylation sites (tertiary alicyclic amines) is 1. The fourth-order valence-corrected chi connectivity index (χ4v) is 10.9. The zero-order valence-corrected chi connectivity index (χ0v) is 47.9. The van der Waals surface area contributed by atoms with Crippen molar-refractivity contribution in [3.05, 3.63) is 181 Å². The number of hydrogen-bond acceptors (Lipinski definition) is 12. The molecule has 3 fully saturated rings. The maximum absolute atomic E-state index is 5.07. The number of benzene rings is 1. The van der Waals surface area contributed by atoms with Crippen LogP contribution < -0.4 is 10.2 Å². The first-order valence-electron chi connectivity index (χ1n) is 28.4. The van der Waals surface area contributed by atoms with Crippen LogP contribution in [0.4, 0.5) is 5.69 Å². The van der Waals surface area contributed by atoms with E-state index < -0.39 is 0 Å². The van der Waals surface area contributed by atoms with Crippen LogP contribution in [0, 0.1) is 6.92 Å². The van der Waals surface area contributed by atoms with Crippen molar-refractivity contribution in [1.29, 1.82) is 0 Å². The summed E-state index contributed by atoms with van der Waals surface area (Å²) in [6.45, 7) is 31.7. The number of fused-ring (bicyclic) bond motifs is 3. The number of pyridine rings is 4. The minimum atomic E-state index is 0.788. The van der Waals surface area contributed by atoms with Gasteiger partial charge in [-0.15, -0.1) is 0 Å². The molecule has 81 heavy (non-hydrogen) atoms.